The summed E-state index contributed by atoms with van der Waals surface area (Å²) in [5.74, 6) is 0.124. The van der Waals surface area contributed by atoms with Crippen LogP contribution in [-0.4, -0.2) is 78.6 Å². The van der Waals surface area contributed by atoms with Gasteiger partial charge in [-0.25, -0.2) is 31.3 Å². The van der Waals surface area contributed by atoms with Crippen molar-refractivity contribution >= 4 is 37.5 Å². The van der Waals surface area contributed by atoms with Crippen molar-refractivity contribution in [3.8, 4) is 5.75 Å². The largest absolute Gasteiger partial charge is 0.492 e. The highest BCUT2D eigenvalue weighted by Crippen LogP contribution is 2.37. The Bertz CT molecular complexity index is 1650. The van der Waals surface area contributed by atoms with E-state index in [2.05, 4.69) is 30.0 Å². The molecule has 0 amide bonds. The van der Waals surface area contributed by atoms with Gasteiger partial charge >= 0.3 is 6.18 Å². The fraction of sp³-hybridized carbons (Fsp3) is 0.385. The molecule has 17 heteroatoms. The number of benzene rings is 2. The minimum absolute atomic E-state index is 0.00479. The van der Waals surface area contributed by atoms with Crippen molar-refractivity contribution in [1.29, 1.82) is 0 Å². The third-order valence-corrected chi connectivity index (χ3v) is 9.17. The average molecular weight is 644 g/mol. The number of sulfonamides is 2. The van der Waals surface area contributed by atoms with Crippen molar-refractivity contribution in [3.63, 3.8) is 0 Å². The van der Waals surface area contributed by atoms with Crippen LogP contribution < -0.4 is 24.8 Å². The molecule has 1 aliphatic rings. The number of hydrogen-bond donors (Lipinski definition) is 4. The first-order valence-electron chi connectivity index (χ1n) is 13.2. The monoisotopic (exact) mass is 643 g/mol. The molecule has 4 rings (SSSR count). The minimum Gasteiger partial charge on any atom is -0.492 e. The maximum atomic E-state index is 13.7. The molecule has 0 aliphatic carbocycles. The lowest BCUT2D eigenvalue weighted by Gasteiger charge is -2.17. The minimum atomic E-state index is -4.83. The number of ether oxygens (including phenoxy) is 1. The zero-order valence-corrected chi connectivity index (χ0v) is 25.0. The second-order valence-electron chi connectivity index (χ2n) is 9.85. The van der Waals surface area contributed by atoms with Crippen molar-refractivity contribution in [1.82, 2.24) is 24.3 Å². The van der Waals surface area contributed by atoms with Crippen molar-refractivity contribution in [2.45, 2.75) is 28.8 Å². The van der Waals surface area contributed by atoms with E-state index in [1.807, 2.05) is 0 Å². The molecule has 4 N–H and O–H groups in total. The number of anilines is 3. The summed E-state index contributed by atoms with van der Waals surface area (Å²) in [5, 5.41) is 6.07. The third kappa shape index (κ3) is 8.76. The van der Waals surface area contributed by atoms with Crippen LogP contribution in [0.3, 0.4) is 0 Å². The molecule has 2 aromatic carbocycles. The number of hydrogen-bond acceptors (Lipinski definition) is 10. The number of rotatable bonds is 9. The molecule has 1 aromatic heterocycles. The molecule has 0 fully saturated rings. The SMILES string of the molecule is CN(C)CCOc1ccc(S(=O)(=O)NCCc2cnc3nc2NCCCNS(=O)(=O)c2cccc(c2)N3)cc1C(F)(F)F. The van der Waals surface area contributed by atoms with E-state index in [9.17, 15) is 30.0 Å². The first kappa shape index (κ1) is 32.4. The van der Waals surface area contributed by atoms with Crippen LogP contribution >= 0.6 is 0 Å². The van der Waals surface area contributed by atoms with E-state index in [1.54, 1.807) is 31.1 Å². The van der Waals surface area contributed by atoms with Crippen LogP contribution in [0, 0.1) is 0 Å². The lowest BCUT2D eigenvalue weighted by atomic mass is 10.2. The van der Waals surface area contributed by atoms with E-state index in [0.717, 1.165) is 12.1 Å². The van der Waals surface area contributed by atoms with Crippen LogP contribution in [0.1, 0.15) is 17.5 Å². The third-order valence-electron chi connectivity index (χ3n) is 6.25. The molecule has 0 spiro atoms. The topological polar surface area (TPSA) is 155 Å². The molecule has 0 atom stereocenters. The van der Waals surface area contributed by atoms with E-state index in [4.69, 9.17) is 4.74 Å². The lowest BCUT2D eigenvalue weighted by Crippen LogP contribution is -2.27. The number of alkyl halides is 3. The van der Waals surface area contributed by atoms with Gasteiger partial charge in [0.1, 0.15) is 18.2 Å². The van der Waals surface area contributed by atoms with Crippen molar-refractivity contribution < 1.29 is 34.7 Å². The molecular weight excluding hydrogens is 611 g/mol. The Morgan fingerprint density at radius 3 is 2.65 bits per heavy atom. The maximum absolute atomic E-state index is 13.7. The van der Waals surface area contributed by atoms with Gasteiger partial charge in [-0.15, -0.1) is 0 Å². The van der Waals surface area contributed by atoms with Gasteiger partial charge in [-0.3, -0.25) is 0 Å². The highest BCUT2D eigenvalue weighted by Gasteiger charge is 2.36. The van der Waals surface area contributed by atoms with Gasteiger partial charge in [0.25, 0.3) is 0 Å². The molecule has 4 bridgehead atoms. The summed E-state index contributed by atoms with van der Waals surface area (Å²) in [6.07, 6.45) is -2.80. The van der Waals surface area contributed by atoms with E-state index in [0.29, 0.717) is 42.6 Å². The van der Waals surface area contributed by atoms with Crippen LogP contribution in [0.15, 0.2) is 58.5 Å². The van der Waals surface area contributed by atoms with E-state index in [-0.39, 0.29) is 37.0 Å². The molecule has 12 nitrogen and oxygen atoms in total. The maximum Gasteiger partial charge on any atom is 0.420 e. The fourth-order valence-electron chi connectivity index (χ4n) is 4.02. The molecule has 3 aromatic rings. The molecule has 0 saturated carbocycles. The van der Waals surface area contributed by atoms with Gasteiger partial charge in [0, 0.05) is 43.6 Å². The predicted octanol–water partition coefficient (Wildman–Crippen LogP) is 2.79. The van der Waals surface area contributed by atoms with Gasteiger partial charge < -0.3 is 20.3 Å². The molecule has 234 valence electrons. The molecule has 1 aliphatic heterocycles. The van der Waals surface area contributed by atoms with Crippen molar-refractivity contribution in [3.05, 3.63) is 59.8 Å². The van der Waals surface area contributed by atoms with Gasteiger partial charge in [0.05, 0.1) is 15.4 Å². The molecule has 0 saturated heterocycles. The Morgan fingerprint density at radius 1 is 1.12 bits per heavy atom. The lowest BCUT2D eigenvalue weighted by molar-refractivity contribution is -0.139. The highest BCUT2D eigenvalue weighted by molar-refractivity contribution is 7.89. The summed E-state index contributed by atoms with van der Waals surface area (Å²) in [6, 6.07) is 8.78. The first-order valence-corrected chi connectivity index (χ1v) is 16.2. The Labute approximate surface area is 248 Å². The predicted molar refractivity (Wildman–Crippen MR) is 154 cm³/mol. The Morgan fingerprint density at radius 2 is 1.91 bits per heavy atom. The summed E-state index contributed by atoms with van der Waals surface area (Å²) in [7, 11) is -4.52. The number of nitrogens with zero attached hydrogens (tertiary/aromatic N) is 3. The van der Waals surface area contributed by atoms with Gasteiger partial charge in [-0.2, -0.15) is 18.2 Å². The molecule has 2 heterocycles. The Kier molecular flexibility index (Phi) is 10.1. The second-order valence-corrected chi connectivity index (χ2v) is 13.4. The normalized spacial score (nSPS) is 15.4. The Hall–Kier alpha value is -3.51. The standard InChI is InChI=1S/C26H32F3N7O5S2/c1-36(2)13-14-41-23-8-7-21(16-22(23)26(27,28)29)43(39,40)33-12-9-18-17-31-25-34-19-5-3-6-20(15-19)42(37,38)32-11-4-10-30-24(18)35-25/h3,5-8,15-17,32-33H,4,9-14H2,1-2H3,(H2,30,31,34,35). The molecular formula is C26H32F3N7O5S2. The zero-order valence-electron chi connectivity index (χ0n) is 23.4. The van der Waals surface area contributed by atoms with E-state index < -0.39 is 42.4 Å². The van der Waals surface area contributed by atoms with Crippen LogP contribution in [0.5, 0.6) is 5.75 Å². The van der Waals surface area contributed by atoms with Gasteiger partial charge in [-0.1, -0.05) is 6.07 Å². The molecule has 43 heavy (non-hydrogen) atoms. The van der Waals surface area contributed by atoms with Crippen LogP contribution in [0.25, 0.3) is 0 Å². The summed E-state index contributed by atoms with van der Waals surface area (Å²) in [6.45, 7) is 0.729. The summed E-state index contributed by atoms with van der Waals surface area (Å²) in [4.78, 5) is 10.00. The first-order chi connectivity index (χ1) is 20.2. The van der Waals surface area contributed by atoms with Crippen LogP contribution in [0.2, 0.25) is 0 Å². The Balaban J connectivity index is 1.48. The summed E-state index contributed by atoms with van der Waals surface area (Å²) >= 11 is 0. The smallest absolute Gasteiger partial charge is 0.420 e. The number of halogens is 3. The molecule has 0 radical (unpaired) electrons. The number of likely N-dealkylation sites (N-methyl/N-ethyl adjacent to an activating group) is 1. The summed E-state index contributed by atoms with van der Waals surface area (Å²) in [5.41, 5.74) is -0.201. The van der Waals surface area contributed by atoms with Gasteiger partial charge in [0.2, 0.25) is 26.0 Å². The number of fused-ring (bicyclic) bond motifs is 4. The van der Waals surface area contributed by atoms with Crippen molar-refractivity contribution in [2.24, 2.45) is 0 Å². The fourth-order valence-corrected chi connectivity index (χ4v) is 6.20. The second kappa shape index (κ2) is 13.4. The van der Waals surface area contributed by atoms with Crippen LogP contribution in [0.4, 0.5) is 30.6 Å². The number of aromatic nitrogens is 2. The van der Waals surface area contributed by atoms with Crippen molar-refractivity contribution in [2.75, 3.05) is 57.5 Å². The van der Waals surface area contributed by atoms with Gasteiger partial charge in [-0.05, 0) is 63.3 Å². The molecule has 0 unspecified atom stereocenters. The average Bonchev–Trinajstić information content (AvgIpc) is 2.93. The quantitative estimate of drug-likeness (QED) is 0.274. The zero-order chi connectivity index (χ0) is 31.3. The number of nitrogens with one attached hydrogen (secondary N) is 4. The van der Waals surface area contributed by atoms with Gasteiger partial charge in [0.15, 0.2) is 0 Å². The van der Waals surface area contributed by atoms with Crippen LogP contribution in [-0.2, 0) is 32.6 Å². The van der Waals surface area contributed by atoms with E-state index >= 15 is 0 Å². The van der Waals surface area contributed by atoms with E-state index in [1.165, 1.54) is 18.3 Å². The summed E-state index contributed by atoms with van der Waals surface area (Å²) < 4.78 is 102. The highest BCUT2D eigenvalue weighted by atomic mass is 32.2.